The first kappa shape index (κ1) is 29.1. The number of rotatable bonds is 11. The molecule has 1 aromatic rings. The Balaban J connectivity index is 0.00000544. The minimum atomic E-state index is 0. The molecule has 1 aromatic carbocycles. The molecule has 2 rings (SSSR count). The quantitative estimate of drug-likeness (QED) is 0.237. The molecular weight excluding hydrogens is 537 g/mol. The number of guanidine groups is 1. The summed E-state index contributed by atoms with van der Waals surface area (Å²) in [6, 6.07) is 4.01. The second-order valence-corrected chi connectivity index (χ2v) is 7.63. The van der Waals surface area contributed by atoms with Crippen molar-refractivity contribution < 1.29 is 19.0 Å². The molecule has 0 aliphatic carbocycles. The van der Waals surface area contributed by atoms with Gasteiger partial charge in [-0.3, -0.25) is 14.7 Å². The van der Waals surface area contributed by atoms with Crippen molar-refractivity contribution in [2.24, 2.45) is 4.99 Å². The number of carbonyl (C=O) groups is 1. The summed E-state index contributed by atoms with van der Waals surface area (Å²) in [5, 5.41) is 6.25. The summed E-state index contributed by atoms with van der Waals surface area (Å²) in [6.07, 6.45) is 1.36. The number of halogens is 1. The Bertz CT molecular complexity index is 729. The van der Waals surface area contributed by atoms with Crippen LogP contribution in [-0.4, -0.2) is 88.8 Å². The topological polar surface area (TPSA) is 87.7 Å². The van der Waals surface area contributed by atoms with Crippen LogP contribution in [0, 0.1) is 0 Å². The van der Waals surface area contributed by atoms with Crippen LogP contribution in [-0.2, 0) is 11.3 Å². The summed E-state index contributed by atoms with van der Waals surface area (Å²) in [6.45, 7) is 10.5. The average molecular weight is 578 g/mol. The zero-order valence-corrected chi connectivity index (χ0v) is 22.9. The first-order valence-electron chi connectivity index (χ1n) is 11.4. The van der Waals surface area contributed by atoms with Crippen LogP contribution in [0.1, 0.15) is 32.3 Å². The zero-order chi connectivity index (χ0) is 23.3. The van der Waals surface area contributed by atoms with E-state index in [2.05, 4.69) is 32.3 Å². The van der Waals surface area contributed by atoms with Crippen molar-refractivity contribution in [1.82, 2.24) is 20.4 Å². The largest absolute Gasteiger partial charge is 0.493 e. The SMILES string of the molecule is CCCNC(=O)CCN=C(NCC)N1CCN(Cc2cc(OC)c(OC)c(OC)c2)CC1.I. The van der Waals surface area contributed by atoms with E-state index in [1.54, 1.807) is 21.3 Å². The number of aliphatic imine (C=N–C) groups is 1. The Morgan fingerprint density at radius 1 is 1.00 bits per heavy atom. The predicted octanol–water partition coefficient (Wildman–Crippen LogP) is 2.33. The molecule has 1 aliphatic rings. The first-order chi connectivity index (χ1) is 15.6. The molecule has 0 saturated carbocycles. The van der Waals surface area contributed by atoms with Gasteiger partial charge in [-0.25, -0.2) is 0 Å². The van der Waals surface area contributed by atoms with Gasteiger partial charge in [-0.05, 0) is 31.0 Å². The number of hydrogen-bond donors (Lipinski definition) is 2. The lowest BCUT2D eigenvalue weighted by Crippen LogP contribution is -2.52. The molecule has 10 heteroatoms. The summed E-state index contributed by atoms with van der Waals surface area (Å²) in [5.41, 5.74) is 1.12. The Morgan fingerprint density at radius 2 is 1.64 bits per heavy atom. The van der Waals surface area contributed by atoms with Crippen molar-refractivity contribution in [2.75, 3.05) is 67.1 Å². The average Bonchev–Trinajstić information content (AvgIpc) is 2.82. The smallest absolute Gasteiger partial charge is 0.221 e. The highest BCUT2D eigenvalue weighted by atomic mass is 127. The van der Waals surface area contributed by atoms with Crippen LogP contribution in [0.3, 0.4) is 0 Å². The Kier molecular flexibility index (Phi) is 13.9. The van der Waals surface area contributed by atoms with Crippen molar-refractivity contribution in [2.45, 2.75) is 33.2 Å². The van der Waals surface area contributed by atoms with Gasteiger partial charge in [0.25, 0.3) is 0 Å². The lowest BCUT2D eigenvalue weighted by Gasteiger charge is -2.36. The Labute approximate surface area is 215 Å². The highest BCUT2D eigenvalue weighted by Crippen LogP contribution is 2.38. The number of nitrogens with one attached hydrogen (secondary N) is 2. The monoisotopic (exact) mass is 577 g/mol. The van der Waals surface area contributed by atoms with E-state index in [0.717, 1.165) is 63.8 Å². The van der Waals surface area contributed by atoms with Gasteiger partial charge in [0.2, 0.25) is 11.7 Å². The van der Waals surface area contributed by atoms with Gasteiger partial charge in [0.1, 0.15) is 0 Å². The van der Waals surface area contributed by atoms with Crippen molar-refractivity contribution in [3.05, 3.63) is 17.7 Å². The van der Waals surface area contributed by atoms with Gasteiger partial charge in [-0.2, -0.15) is 0 Å². The molecule has 1 amide bonds. The number of benzene rings is 1. The third kappa shape index (κ3) is 9.07. The van der Waals surface area contributed by atoms with Gasteiger partial charge in [-0.1, -0.05) is 6.92 Å². The summed E-state index contributed by atoms with van der Waals surface area (Å²) < 4.78 is 16.4. The molecule has 1 aliphatic heterocycles. The molecule has 188 valence electrons. The van der Waals surface area contributed by atoms with Crippen LogP contribution in [0.5, 0.6) is 17.2 Å². The number of amides is 1. The van der Waals surface area contributed by atoms with Crippen LogP contribution >= 0.6 is 24.0 Å². The number of methoxy groups -OCH3 is 3. The molecule has 0 bridgehead atoms. The van der Waals surface area contributed by atoms with Gasteiger partial charge in [0, 0.05) is 52.2 Å². The molecule has 0 spiro atoms. The molecule has 1 heterocycles. The number of carbonyl (C=O) groups excluding carboxylic acids is 1. The maximum atomic E-state index is 11.8. The van der Waals surface area contributed by atoms with Gasteiger partial charge in [0.15, 0.2) is 17.5 Å². The van der Waals surface area contributed by atoms with Crippen LogP contribution < -0.4 is 24.8 Å². The van der Waals surface area contributed by atoms with E-state index >= 15 is 0 Å². The van der Waals surface area contributed by atoms with Crippen molar-refractivity contribution in [3.8, 4) is 17.2 Å². The van der Waals surface area contributed by atoms with Crippen LogP contribution in [0.4, 0.5) is 0 Å². The first-order valence-corrected chi connectivity index (χ1v) is 11.4. The predicted molar refractivity (Wildman–Crippen MR) is 142 cm³/mol. The normalized spacial score (nSPS) is 14.3. The maximum absolute atomic E-state index is 11.8. The van der Waals surface area contributed by atoms with Crippen molar-refractivity contribution >= 4 is 35.8 Å². The number of nitrogens with zero attached hydrogens (tertiary/aromatic N) is 3. The second kappa shape index (κ2) is 15.8. The van der Waals surface area contributed by atoms with Crippen molar-refractivity contribution in [3.63, 3.8) is 0 Å². The maximum Gasteiger partial charge on any atom is 0.221 e. The molecular formula is C23H40IN5O4. The fraction of sp³-hybridized carbons (Fsp3) is 0.652. The van der Waals surface area contributed by atoms with Crippen LogP contribution in [0.15, 0.2) is 17.1 Å². The molecule has 1 fully saturated rings. The summed E-state index contributed by atoms with van der Waals surface area (Å²) >= 11 is 0. The number of piperazine rings is 1. The molecule has 0 atom stereocenters. The molecule has 0 radical (unpaired) electrons. The third-order valence-electron chi connectivity index (χ3n) is 5.31. The van der Waals surface area contributed by atoms with Gasteiger partial charge in [0.05, 0.1) is 27.9 Å². The summed E-state index contributed by atoms with van der Waals surface area (Å²) in [4.78, 5) is 21.1. The number of ether oxygens (including phenoxy) is 3. The van der Waals surface area contributed by atoms with E-state index in [4.69, 9.17) is 14.2 Å². The van der Waals surface area contributed by atoms with E-state index < -0.39 is 0 Å². The lowest BCUT2D eigenvalue weighted by atomic mass is 10.1. The fourth-order valence-electron chi connectivity index (χ4n) is 3.64. The number of hydrogen-bond acceptors (Lipinski definition) is 6. The van der Waals surface area contributed by atoms with Crippen molar-refractivity contribution in [1.29, 1.82) is 0 Å². The highest BCUT2D eigenvalue weighted by Gasteiger charge is 2.21. The second-order valence-electron chi connectivity index (χ2n) is 7.63. The Morgan fingerprint density at radius 3 is 2.15 bits per heavy atom. The molecule has 9 nitrogen and oxygen atoms in total. The highest BCUT2D eigenvalue weighted by molar-refractivity contribution is 14.0. The van der Waals surface area contributed by atoms with E-state index in [0.29, 0.717) is 30.2 Å². The van der Waals surface area contributed by atoms with E-state index in [1.807, 2.05) is 19.1 Å². The Hall–Kier alpha value is -1.95. The molecule has 1 saturated heterocycles. The standard InChI is InChI=1S/C23H39N5O4.HI/c1-6-9-25-21(29)8-10-26-23(24-7-2)28-13-11-27(12-14-28)17-18-15-19(30-3)22(32-5)20(16-18)31-4;/h15-16H,6-14,17H2,1-5H3,(H,24,26)(H,25,29);1H. The van der Waals surface area contributed by atoms with Gasteiger partial charge in [-0.15, -0.1) is 24.0 Å². The molecule has 0 aromatic heterocycles. The van der Waals surface area contributed by atoms with Gasteiger partial charge >= 0.3 is 0 Å². The third-order valence-corrected chi connectivity index (χ3v) is 5.31. The van der Waals surface area contributed by atoms with Gasteiger partial charge < -0.3 is 29.7 Å². The zero-order valence-electron chi connectivity index (χ0n) is 20.6. The van der Waals surface area contributed by atoms with E-state index in [9.17, 15) is 4.79 Å². The molecule has 2 N–H and O–H groups in total. The molecule has 0 unspecified atom stereocenters. The lowest BCUT2D eigenvalue weighted by molar-refractivity contribution is -0.120. The summed E-state index contributed by atoms with van der Waals surface area (Å²) in [7, 11) is 4.88. The van der Waals surface area contributed by atoms with Crippen LogP contribution in [0.25, 0.3) is 0 Å². The van der Waals surface area contributed by atoms with E-state index in [-0.39, 0.29) is 29.9 Å². The minimum Gasteiger partial charge on any atom is -0.493 e. The fourth-order valence-corrected chi connectivity index (χ4v) is 3.64. The minimum absolute atomic E-state index is 0. The van der Waals surface area contributed by atoms with Crippen LogP contribution in [0.2, 0.25) is 0 Å². The summed E-state index contributed by atoms with van der Waals surface area (Å²) in [5.74, 6) is 2.89. The molecule has 33 heavy (non-hydrogen) atoms. The van der Waals surface area contributed by atoms with E-state index in [1.165, 1.54) is 0 Å².